The fraction of sp³-hybridized carbons (Fsp3) is 0.917. The molecule has 1 aliphatic rings. The zero-order valence-electron chi connectivity index (χ0n) is 11.0. The maximum atomic E-state index is 11.8. The van der Waals surface area contributed by atoms with Crippen LogP contribution >= 0.6 is 0 Å². The molecule has 4 heteroatoms. The minimum atomic E-state index is -0.575. The SMILES string of the molecule is CN(C)CC(C)(C)CNC(=O)C1(N)CCC1. The molecule has 0 unspecified atom stereocenters. The Bertz CT molecular complexity index is 257. The van der Waals surface area contributed by atoms with Crippen LogP contribution in [0.15, 0.2) is 0 Å². The quantitative estimate of drug-likeness (QED) is 0.722. The van der Waals surface area contributed by atoms with Gasteiger partial charge in [0.25, 0.3) is 0 Å². The first-order chi connectivity index (χ1) is 7.25. The smallest absolute Gasteiger partial charge is 0.240 e. The van der Waals surface area contributed by atoms with E-state index in [1.807, 2.05) is 14.1 Å². The Balaban J connectivity index is 2.36. The molecule has 16 heavy (non-hydrogen) atoms. The number of amides is 1. The van der Waals surface area contributed by atoms with Crippen LogP contribution in [0, 0.1) is 5.41 Å². The number of nitrogens with one attached hydrogen (secondary N) is 1. The van der Waals surface area contributed by atoms with E-state index in [0.29, 0.717) is 6.54 Å². The van der Waals surface area contributed by atoms with Crippen molar-refractivity contribution in [2.45, 2.75) is 38.6 Å². The fourth-order valence-corrected chi connectivity index (χ4v) is 2.19. The lowest BCUT2D eigenvalue weighted by Crippen LogP contribution is -2.59. The van der Waals surface area contributed by atoms with Crippen LogP contribution < -0.4 is 11.1 Å². The molecule has 1 saturated carbocycles. The van der Waals surface area contributed by atoms with Crippen molar-refractivity contribution in [3.8, 4) is 0 Å². The van der Waals surface area contributed by atoms with E-state index in [-0.39, 0.29) is 11.3 Å². The van der Waals surface area contributed by atoms with Gasteiger partial charge in [-0.1, -0.05) is 13.8 Å². The van der Waals surface area contributed by atoms with Gasteiger partial charge >= 0.3 is 0 Å². The average molecular weight is 227 g/mol. The number of hydrogen-bond acceptors (Lipinski definition) is 3. The molecule has 1 amide bonds. The van der Waals surface area contributed by atoms with Crippen LogP contribution in [0.25, 0.3) is 0 Å². The summed E-state index contributed by atoms with van der Waals surface area (Å²) in [5.41, 5.74) is 5.46. The number of nitrogens with two attached hydrogens (primary N) is 1. The lowest BCUT2D eigenvalue weighted by molar-refractivity contribution is -0.129. The van der Waals surface area contributed by atoms with Gasteiger partial charge in [0.15, 0.2) is 0 Å². The predicted octanol–water partition coefficient (Wildman–Crippen LogP) is 0.572. The van der Waals surface area contributed by atoms with Crippen LogP contribution in [-0.4, -0.2) is 43.5 Å². The maximum Gasteiger partial charge on any atom is 0.240 e. The van der Waals surface area contributed by atoms with Crippen molar-refractivity contribution in [2.24, 2.45) is 11.1 Å². The predicted molar refractivity (Wildman–Crippen MR) is 66.1 cm³/mol. The molecule has 0 saturated heterocycles. The minimum absolute atomic E-state index is 0.0191. The van der Waals surface area contributed by atoms with Crippen molar-refractivity contribution in [3.63, 3.8) is 0 Å². The second-order valence-electron chi connectivity index (χ2n) is 6.09. The van der Waals surface area contributed by atoms with Gasteiger partial charge in [0.1, 0.15) is 0 Å². The molecule has 1 fully saturated rings. The van der Waals surface area contributed by atoms with Crippen molar-refractivity contribution >= 4 is 5.91 Å². The fourth-order valence-electron chi connectivity index (χ4n) is 2.19. The van der Waals surface area contributed by atoms with E-state index >= 15 is 0 Å². The van der Waals surface area contributed by atoms with Crippen molar-refractivity contribution in [1.82, 2.24) is 10.2 Å². The molecule has 0 aromatic rings. The molecule has 0 aliphatic heterocycles. The molecular formula is C12H25N3O. The van der Waals surface area contributed by atoms with Gasteiger partial charge in [-0.2, -0.15) is 0 Å². The van der Waals surface area contributed by atoms with E-state index in [2.05, 4.69) is 24.1 Å². The lowest BCUT2D eigenvalue weighted by atomic mass is 9.77. The topological polar surface area (TPSA) is 58.4 Å². The highest BCUT2D eigenvalue weighted by molar-refractivity contribution is 5.87. The Labute approximate surface area is 98.6 Å². The van der Waals surface area contributed by atoms with Crippen molar-refractivity contribution < 1.29 is 4.79 Å². The first-order valence-electron chi connectivity index (χ1n) is 5.97. The second-order valence-corrected chi connectivity index (χ2v) is 6.09. The summed E-state index contributed by atoms with van der Waals surface area (Å²) in [6.07, 6.45) is 2.73. The molecule has 0 aromatic carbocycles. The molecule has 1 rings (SSSR count). The zero-order chi connectivity index (χ0) is 12.4. The summed E-state index contributed by atoms with van der Waals surface area (Å²) < 4.78 is 0. The van der Waals surface area contributed by atoms with E-state index in [4.69, 9.17) is 5.73 Å². The van der Waals surface area contributed by atoms with E-state index in [0.717, 1.165) is 25.8 Å². The Morgan fingerprint density at radius 3 is 2.38 bits per heavy atom. The molecule has 0 heterocycles. The second kappa shape index (κ2) is 4.72. The summed E-state index contributed by atoms with van der Waals surface area (Å²) in [5, 5.41) is 2.98. The number of hydrogen-bond donors (Lipinski definition) is 2. The van der Waals surface area contributed by atoms with Gasteiger partial charge in [-0.05, 0) is 38.8 Å². The first kappa shape index (κ1) is 13.5. The number of carbonyl (C=O) groups is 1. The Kier molecular flexibility index (Phi) is 3.97. The van der Waals surface area contributed by atoms with Crippen molar-refractivity contribution in [2.75, 3.05) is 27.2 Å². The summed E-state index contributed by atoms with van der Waals surface area (Å²) in [7, 11) is 4.08. The van der Waals surface area contributed by atoms with Gasteiger partial charge in [0.05, 0.1) is 5.54 Å². The highest BCUT2D eigenvalue weighted by atomic mass is 16.2. The summed E-state index contributed by atoms with van der Waals surface area (Å²) in [6.45, 7) is 5.93. The molecule has 4 nitrogen and oxygen atoms in total. The highest BCUT2D eigenvalue weighted by Gasteiger charge is 2.40. The summed E-state index contributed by atoms with van der Waals surface area (Å²) >= 11 is 0. The van der Waals surface area contributed by atoms with Gasteiger partial charge < -0.3 is 16.0 Å². The average Bonchev–Trinajstić information content (AvgIpc) is 2.08. The lowest BCUT2D eigenvalue weighted by Gasteiger charge is -2.37. The molecule has 0 atom stereocenters. The summed E-state index contributed by atoms with van der Waals surface area (Å²) in [6, 6.07) is 0. The Morgan fingerprint density at radius 2 is 2.00 bits per heavy atom. The number of carbonyl (C=O) groups excluding carboxylic acids is 1. The molecular weight excluding hydrogens is 202 g/mol. The van der Waals surface area contributed by atoms with Gasteiger partial charge in [0.2, 0.25) is 5.91 Å². The Hall–Kier alpha value is -0.610. The molecule has 0 aromatic heterocycles. The van der Waals surface area contributed by atoms with E-state index < -0.39 is 5.54 Å². The maximum absolute atomic E-state index is 11.8. The highest BCUT2D eigenvalue weighted by Crippen LogP contribution is 2.29. The van der Waals surface area contributed by atoms with Crippen LogP contribution in [0.3, 0.4) is 0 Å². The third-order valence-electron chi connectivity index (χ3n) is 3.17. The summed E-state index contributed by atoms with van der Waals surface area (Å²) in [5.74, 6) is 0.0191. The van der Waals surface area contributed by atoms with Crippen molar-refractivity contribution in [1.29, 1.82) is 0 Å². The zero-order valence-corrected chi connectivity index (χ0v) is 11.0. The van der Waals surface area contributed by atoms with Gasteiger partial charge in [0, 0.05) is 13.1 Å². The van der Waals surface area contributed by atoms with Crippen LogP contribution in [0.5, 0.6) is 0 Å². The van der Waals surface area contributed by atoms with Gasteiger partial charge in [-0.15, -0.1) is 0 Å². The third kappa shape index (κ3) is 3.46. The number of nitrogens with zero attached hydrogens (tertiary/aromatic N) is 1. The standard InChI is InChI=1S/C12H25N3O/c1-11(2,9-15(3)4)8-14-10(16)12(13)6-5-7-12/h5-9,13H2,1-4H3,(H,14,16). The van der Waals surface area contributed by atoms with Gasteiger partial charge in [-0.3, -0.25) is 4.79 Å². The van der Waals surface area contributed by atoms with E-state index in [1.54, 1.807) is 0 Å². The van der Waals surface area contributed by atoms with Gasteiger partial charge in [-0.25, -0.2) is 0 Å². The van der Waals surface area contributed by atoms with E-state index in [9.17, 15) is 4.79 Å². The largest absolute Gasteiger partial charge is 0.354 e. The first-order valence-corrected chi connectivity index (χ1v) is 5.97. The minimum Gasteiger partial charge on any atom is -0.354 e. The van der Waals surface area contributed by atoms with Crippen molar-refractivity contribution in [3.05, 3.63) is 0 Å². The molecule has 0 spiro atoms. The summed E-state index contributed by atoms with van der Waals surface area (Å²) in [4.78, 5) is 14.0. The normalized spacial score (nSPS) is 19.4. The third-order valence-corrected chi connectivity index (χ3v) is 3.17. The Morgan fingerprint density at radius 1 is 1.44 bits per heavy atom. The van der Waals surface area contributed by atoms with Crippen LogP contribution in [0.4, 0.5) is 0 Å². The number of rotatable bonds is 5. The van der Waals surface area contributed by atoms with Crippen LogP contribution in [-0.2, 0) is 4.79 Å². The molecule has 3 N–H and O–H groups in total. The molecule has 0 bridgehead atoms. The van der Waals surface area contributed by atoms with Crippen LogP contribution in [0.2, 0.25) is 0 Å². The monoisotopic (exact) mass is 227 g/mol. The molecule has 1 aliphatic carbocycles. The molecule has 94 valence electrons. The van der Waals surface area contributed by atoms with Crippen LogP contribution in [0.1, 0.15) is 33.1 Å². The molecule has 0 radical (unpaired) electrons. The van der Waals surface area contributed by atoms with E-state index in [1.165, 1.54) is 0 Å².